The molecule has 0 heterocycles. The summed E-state index contributed by atoms with van der Waals surface area (Å²) in [5.41, 5.74) is 6.82. The number of aliphatic carboxylic acids is 1. The standard InChI is InChI=1S/C20H30N4O5S/c1-12(8-14-6-4-3-5-7-14)18(27)22-10-15(21)19(28)24-16(9-17(25)26)20(29)23-13(2)11-30/h3-7,12-13,15-16,30H,8-11,21H2,1-2H3,(H,22,27)(H,23,29)(H,24,28)(H,25,26)/t12-,13+,15-,16-/m0/s1. The van der Waals surface area contributed by atoms with E-state index in [1.807, 2.05) is 30.3 Å². The number of hydrogen-bond acceptors (Lipinski definition) is 6. The maximum Gasteiger partial charge on any atom is 0.305 e. The highest BCUT2D eigenvalue weighted by atomic mass is 32.1. The van der Waals surface area contributed by atoms with E-state index < -0.39 is 36.3 Å². The molecule has 6 N–H and O–H groups in total. The maximum absolute atomic E-state index is 12.3. The number of carboxylic acids is 1. The molecule has 166 valence electrons. The van der Waals surface area contributed by atoms with E-state index in [1.165, 1.54) is 0 Å². The molecule has 1 aromatic carbocycles. The van der Waals surface area contributed by atoms with Crippen molar-refractivity contribution in [2.45, 2.75) is 44.8 Å². The molecule has 9 nitrogen and oxygen atoms in total. The summed E-state index contributed by atoms with van der Waals surface area (Å²) in [4.78, 5) is 47.8. The highest BCUT2D eigenvalue weighted by Gasteiger charge is 2.27. The topological polar surface area (TPSA) is 151 Å². The Morgan fingerprint density at radius 3 is 2.23 bits per heavy atom. The summed E-state index contributed by atoms with van der Waals surface area (Å²) in [7, 11) is 0. The zero-order valence-electron chi connectivity index (χ0n) is 17.1. The number of carbonyl (C=O) groups is 4. The van der Waals surface area contributed by atoms with Gasteiger partial charge in [0.15, 0.2) is 0 Å². The molecule has 0 bridgehead atoms. The molecule has 0 fully saturated rings. The summed E-state index contributed by atoms with van der Waals surface area (Å²) in [6.07, 6.45) is -0.0532. The SMILES string of the molecule is C[C@H](CS)NC(=O)[C@H](CC(=O)O)NC(=O)[C@@H](N)CNC(=O)[C@@H](C)Cc1ccccc1. The van der Waals surface area contributed by atoms with Gasteiger partial charge in [-0.2, -0.15) is 12.6 Å². The molecule has 0 aliphatic carbocycles. The minimum absolute atomic E-state index is 0.141. The monoisotopic (exact) mass is 438 g/mol. The van der Waals surface area contributed by atoms with Crippen LogP contribution >= 0.6 is 12.6 Å². The molecule has 4 atom stereocenters. The number of amides is 3. The van der Waals surface area contributed by atoms with Gasteiger partial charge in [0.25, 0.3) is 0 Å². The zero-order valence-corrected chi connectivity index (χ0v) is 18.0. The minimum atomic E-state index is -1.28. The van der Waals surface area contributed by atoms with Crippen LogP contribution in [-0.2, 0) is 25.6 Å². The van der Waals surface area contributed by atoms with E-state index in [0.29, 0.717) is 12.2 Å². The van der Waals surface area contributed by atoms with Gasteiger partial charge in [-0.15, -0.1) is 0 Å². The van der Waals surface area contributed by atoms with Crippen LogP contribution in [0.5, 0.6) is 0 Å². The summed E-state index contributed by atoms with van der Waals surface area (Å²) in [6, 6.07) is 6.80. The van der Waals surface area contributed by atoms with Crippen molar-refractivity contribution in [2.75, 3.05) is 12.3 Å². The Morgan fingerprint density at radius 1 is 1.03 bits per heavy atom. The van der Waals surface area contributed by atoms with Crippen LogP contribution in [0.2, 0.25) is 0 Å². The quantitative estimate of drug-likeness (QED) is 0.247. The van der Waals surface area contributed by atoms with Crippen LogP contribution in [0.3, 0.4) is 0 Å². The lowest BCUT2D eigenvalue weighted by Gasteiger charge is -2.21. The van der Waals surface area contributed by atoms with Crippen molar-refractivity contribution >= 4 is 36.3 Å². The molecule has 1 rings (SSSR count). The highest BCUT2D eigenvalue weighted by Crippen LogP contribution is 2.08. The Bertz CT molecular complexity index is 731. The second-order valence-electron chi connectivity index (χ2n) is 7.19. The molecule has 0 aromatic heterocycles. The molecule has 1 aromatic rings. The fourth-order valence-electron chi connectivity index (χ4n) is 2.59. The van der Waals surface area contributed by atoms with Crippen molar-refractivity contribution in [1.82, 2.24) is 16.0 Å². The van der Waals surface area contributed by atoms with Crippen LogP contribution in [0, 0.1) is 5.92 Å². The van der Waals surface area contributed by atoms with Crippen LogP contribution in [0.15, 0.2) is 30.3 Å². The second kappa shape index (κ2) is 12.9. The first-order valence-corrected chi connectivity index (χ1v) is 10.3. The number of carboxylic acid groups (broad SMARTS) is 1. The van der Waals surface area contributed by atoms with Gasteiger partial charge in [-0.3, -0.25) is 19.2 Å². The highest BCUT2D eigenvalue weighted by molar-refractivity contribution is 7.80. The van der Waals surface area contributed by atoms with Crippen molar-refractivity contribution in [3.63, 3.8) is 0 Å². The molecule has 3 amide bonds. The number of carbonyl (C=O) groups excluding carboxylic acids is 3. The Kier molecular flexibility index (Phi) is 10.9. The predicted octanol–water partition coefficient (Wildman–Crippen LogP) is -0.297. The smallest absolute Gasteiger partial charge is 0.305 e. The molecule has 0 unspecified atom stereocenters. The summed E-state index contributed by atoms with van der Waals surface area (Å²) in [5, 5.41) is 16.5. The maximum atomic E-state index is 12.3. The van der Waals surface area contributed by atoms with E-state index in [0.717, 1.165) is 5.56 Å². The zero-order chi connectivity index (χ0) is 22.7. The Balaban J connectivity index is 2.56. The molecular formula is C20H30N4O5S. The lowest BCUT2D eigenvalue weighted by atomic mass is 10.0. The first kappa shape index (κ1) is 25.4. The third-order valence-corrected chi connectivity index (χ3v) is 4.89. The Morgan fingerprint density at radius 2 is 1.67 bits per heavy atom. The Hall–Kier alpha value is -2.59. The van der Waals surface area contributed by atoms with Gasteiger partial charge in [0.2, 0.25) is 17.7 Å². The van der Waals surface area contributed by atoms with Gasteiger partial charge < -0.3 is 26.8 Å². The van der Waals surface area contributed by atoms with E-state index in [1.54, 1.807) is 13.8 Å². The van der Waals surface area contributed by atoms with E-state index in [4.69, 9.17) is 10.8 Å². The van der Waals surface area contributed by atoms with Crippen molar-refractivity contribution in [3.05, 3.63) is 35.9 Å². The molecule has 0 saturated carbocycles. The lowest BCUT2D eigenvalue weighted by Crippen LogP contribution is -2.56. The van der Waals surface area contributed by atoms with Gasteiger partial charge in [-0.1, -0.05) is 37.3 Å². The normalized spacial score (nSPS) is 14.7. The first-order valence-electron chi connectivity index (χ1n) is 9.64. The summed E-state index contributed by atoms with van der Waals surface area (Å²) in [5.74, 6) is -2.84. The number of hydrogen-bond donors (Lipinski definition) is 6. The number of rotatable bonds is 12. The molecule has 0 spiro atoms. The van der Waals surface area contributed by atoms with Gasteiger partial charge >= 0.3 is 5.97 Å². The molecule has 30 heavy (non-hydrogen) atoms. The minimum Gasteiger partial charge on any atom is -0.481 e. The van der Waals surface area contributed by atoms with Gasteiger partial charge in [-0.05, 0) is 18.9 Å². The molecule has 0 aliphatic rings. The summed E-state index contributed by atoms with van der Waals surface area (Å²) in [6.45, 7) is 3.32. The van der Waals surface area contributed by atoms with Crippen LogP contribution < -0.4 is 21.7 Å². The number of nitrogens with two attached hydrogens (primary N) is 1. The van der Waals surface area contributed by atoms with Gasteiger partial charge in [-0.25, -0.2) is 0 Å². The van der Waals surface area contributed by atoms with E-state index >= 15 is 0 Å². The van der Waals surface area contributed by atoms with Gasteiger partial charge in [0.05, 0.1) is 6.42 Å². The third-order valence-electron chi connectivity index (χ3n) is 4.34. The van der Waals surface area contributed by atoms with E-state index in [9.17, 15) is 19.2 Å². The fraction of sp³-hybridized carbons (Fsp3) is 0.500. The largest absolute Gasteiger partial charge is 0.481 e. The van der Waals surface area contributed by atoms with Crippen LogP contribution in [0.25, 0.3) is 0 Å². The van der Waals surface area contributed by atoms with Crippen molar-refractivity contribution in [3.8, 4) is 0 Å². The molecule has 0 radical (unpaired) electrons. The molecule has 10 heteroatoms. The Labute approximate surface area is 181 Å². The first-order chi connectivity index (χ1) is 14.1. The van der Waals surface area contributed by atoms with Crippen LogP contribution in [0.4, 0.5) is 0 Å². The lowest BCUT2D eigenvalue weighted by molar-refractivity contribution is -0.140. The number of nitrogens with one attached hydrogen (secondary N) is 3. The van der Waals surface area contributed by atoms with Crippen LogP contribution in [-0.4, -0.2) is 59.2 Å². The van der Waals surface area contributed by atoms with Crippen molar-refractivity contribution in [2.24, 2.45) is 11.7 Å². The van der Waals surface area contributed by atoms with Crippen molar-refractivity contribution in [1.29, 1.82) is 0 Å². The predicted molar refractivity (Wildman–Crippen MR) is 116 cm³/mol. The fourth-order valence-corrected chi connectivity index (χ4v) is 2.68. The summed E-state index contributed by atoms with van der Waals surface area (Å²) < 4.78 is 0. The molecule has 0 saturated heterocycles. The summed E-state index contributed by atoms with van der Waals surface area (Å²) >= 11 is 4.05. The number of thiol groups is 1. The average molecular weight is 439 g/mol. The van der Waals surface area contributed by atoms with Gasteiger partial charge in [0, 0.05) is 24.3 Å². The van der Waals surface area contributed by atoms with Crippen molar-refractivity contribution < 1.29 is 24.3 Å². The molecular weight excluding hydrogens is 408 g/mol. The number of benzene rings is 1. The third kappa shape index (κ3) is 9.27. The average Bonchev–Trinajstić information content (AvgIpc) is 2.71. The van der Waals surface area contributed by atoms with E-state index in [-0.39, 0.29) is 24.4 Å². The van der Waals surface area contributed by atoms with Crippen LogP contribution in [0.1, 0.15) is 25.8 Å². The second-order valence-corrected chi connectivity index (χ2v) is 7.56. The van der Waals surface area contributed by atoms with E-state index in [2.05, 4.69) is 28.6 Å². The molecule has 0 aliphatic heterocycles. The van der Waals surface area contributed by atoms with Gasteiger partial charge in [0.1, 0.15) is 12.1 Å².